The zero-order valence-electron chi connectivity index (χ0n) is 11.7. The highest BCUT2D eigenvalue weighted by Gasteiger charge is 2.26. The van der Waals surface area contributed by atoms with Crippen molar-refractivity contribution in [2.24, 2.45) is 0 Å². The summed E-state index contributed by atoms with van der Waals surface area (Å²) >= 11 is 0. The van der Waals surface area contributed by atoms with E-state index in [1.165, 1.54) is 11.0 Å². The zero-order valence-corrected chi connectivity index (χ0v) is 11.7. The van der Waals surface area contributed by atoms with Crippen LogP contribution in [0.3, 0.4) is 0 Å². The van der Waals surface area contributed by atoms with Crippen LogP contribution in [-0.4, -0.2) is 30.0 Å². The number of fused-ring (bicyclic) bond motifs is 1. The van der Waals surface area contributed by atoms with Crippen LogP contribution < -0.4 is 15.5 Å². The van der Waals surface area contributed by atoms with E-state index in [1.54, 1.807) is 36.4 Å². The van der Waals surface area contributed by atoms with Gasteiger partial charge in [-0.1, -0.05) is 18.2 Å². The van der Waals surface area contributed by atoms with Gasteiger partial charge >= 0.3 is 0 Å². The van der Waals surface area contributed by atoms with Gasteiger partial charge in [0.05, 0.1) is 17.9 Å². The van der Waals surface area contributed by atoms with Crippen LogP contribution >= 0.6 is 0 Å². The molecule has 0 spiro atoms. The number of nitrogens with one attached hydrogen (secondary N) is 2. The molecular formula is C16H15N3O3. The van der Waals surface area contributed by atoms with Gasteiger partial charge in [0.2, 0.25) is 11.8 Å². The van der Waals surface area contributed by atoms with Gasteiger partial charge in [-0.25, -0.2) is 0 Å². The van der Waals surface area contributed by atoms with E-state index >= 15 is 0 Å². The molecule has 22 heavy (non-hydrogen) atoms. The summed E-state index contributed by atoms with van der Waals surface area (Å²) in [6, 6.07) is 13.7. The van der Waals surface area contributed by atoms with Crippen molar-refractivity contribution in [2.45, 2.75) is 0 Å². The maximum Gasteiger partial charge on any atom is 0.246 e. The van der Waals surface area contributed by atoms with E-state index in [-0.39, 0.29) is 30.7 Å². The number of rotatable bonds is 3. The van der Waals surface area contributed by atoms with Crippen molar-refractivity contribution >= 4 is 28.9 Å². The van der Waals surface area contributed by atoms with Crippen molar-refractivity contribution < 1.29 is 14.7 Å². The fourth-order valence-electron chi connectivity index (χ4n) is 2.34. The number of amides is 2. The molecular weight excluding hydrogens is 282 g/mol. The lowest BCUT2D eigenvalue weighted by Crippen LogP contribution is -2.44. The molecule has 0 saturated carbocycles. The molecule has 0 bridgehead atoms. The molecule has 0 saturated heterocycles. The second kappa shape index (κ2) is 5.77. The first-order chi connectivity index (χ1) is 10.6. The molecule has 0 radical (unpaired) electrons. The van der Waals surface area contributed by atoms with Crippen LogP contribution in [0, 0.1) is 0 Å². The third kappa shape index (κ3) is 2.85. The van der Waals surface area contributed by atoms with Crippen LogP contribution in [0.4, 0.5) is 17.1 Å². The lowest BCUT2D eigenvalue weighted by Gasteiger charge is -2.29. The van der Waals surface area contributed by atoms with Crippen LogP contribution in [0.2, 0.25) is 0 Å². The molecule has 0 atom stereocenters. The average Bonchev–Trinajstić information content (AvgIpc) is 2.52. The van der Waals surface area contributed by atoms with Gasteiger partial charge in [-0.05, 0) is 24.3 Å². The second-order valence-electron chi connectivity index (χ2n) is 4.95. The Bertz CT molecular complexity index is 730. The van der Waals surface area contributed by atoms with Gasteiger partial charge in [-0.3, -0.25) is 14.5 Å². The SMILES string of the molecule is O=C1CN(C(=O)CNc2cccc(O)c2)c2ccccc2N1. The number of carbonyl (C=O) groups is 2. The molecule has 0 aromatic heterocycles. The fourth-order valence-corrected chi connectivity index (χ4v) is 2.34. The Morgan fingerprint density at radius 2 is 2.05 bits per heavy atom. The van der Waals surface area contributed by atoms with Gasteiger partial charge in [0.25, 0.3) is 0 Å². The lowest BCUT2D eigenvalue weighted by atomic mass is 10.2. The molecule has 0 unspecified atom stereocenters. The van der Waals surface area contributed by atoms with E-state index in [2.05, 4.69) is 10.6 Å². The van der Waals surface area contributed by atoms with E-state index in [0.717, 1.165) is 0 Å². The molecule has 6 nitrogen and oxygen atoms in total. The molecule has 1 aliphatic rings. The summed E-state index contributed by atoms with van der Waals surface area (Å²) in [5.74, 6) is -0.310. The molecule has 0 aliphatic carbocycles. The Hall–Kier alpha value is -3.02. The van der Waals surface area contributed by atoms with E-state index in [4.69, 9.17) is 0 Å². The number of phenols is 1. The molecule has 2 aromatic rings. The van der Waals surface area contributed by atoms with Crippen LogP contribution in [0.5, 0.6) is 5.75 Å². The summed E-state index contributed by atoms with van der Waals surface area (Å²) in [5.41, 5.74) is 1.96. The first-order valence-electron chi connectivity index (χ1n) is 6.85. The van der Waals surface area contributed by atoms with Gasteiger partial charge in [0.15, 0.2) is 0 Å². The van der Waals surface area contributed by atoms with Gasteiger partial charge < -0.3 is 15.7 Å². The van der Waals surface area contributed by atoms with Crippen LogP contribution in [0.1, 0.15) is 0 Å². The van der Waals surface area contributed by atoms with E-state index in [1.807, 2.05) is 6.07 Å². The van der Waals surface area contributed by atoms with E-state index in [9.17, 15) is 14.7 Å². The van der Waals surface area contributed by atoms with Gasteiger partial charge in [-0.15, -0.1) is 0 Å². The number of benzene rings is 2. The molecule has 2 amide bonds. The first kappa shape index (κ1) is 13.9. The molecule has 6 heteroatoms. The Balaban J connectivity index is 1.74. The Morgan fingerprint density at radius 3 is 2.86 bits per heavy atom. The van der Waals surface area contributed by atoms with E-state index in [0.29, 0.717) is 17.1 Å². The van der Waals surface area contributed by atoms with Gasteiger partial charge in [-0.2, -0.15) is 0 Å². The van der Waals surface area contributed by atoms with Gasteiger partial charge in [0.1, 0.15) is 12.3 Å². The number of para-hydroxylation sites is 2. The number of hydrogen-bond donors (Lipinski definition) is 3. The van der Waals surface area contributed by atoms with Crippen LogP contribution in [-0.2, 0) is 9.59 Å². The average molecular weight is 297 g/mol. The number of anilines is 3. The molecule has 3 N–H and O–H groups in total. The molecule has 1 aliphatic heterocycles. The highest BCUT2D eigenvalue weighted by atomic mass is 16.3. The van der Waals surface area contributed by atoms with Crippen molar-refractivity contribution in [1.29, 1.82) is 0 Å². The highest BCUT2D eigenvalue weighted by Crippen LogP contribution is 2.28. The first-order valence-corrected chi connectivity index (χ1v) is 6.85. The van der Waals surface area contributed by atoms with Crippen molar-refractivity contribution in [3.8, 4) is 5.75 Å². The monoisotopic (exact) mass is 297 g/mol. The largest absolute Gasteiger partial charge is 0.508 e. The minimum Gasteiger partial charge on any atom is -0.508 e. The molecule has 3 rings (SSSR count). The van der Waals surface area contributed by atoms with Gasteiger partial charge in [0, 0.05) is 11.8 Å². The Labute approximate surface area is 127 Å². The maximum atomic E-state index is 12.4. The van der Waals surface area contributed by atoms with Crippen molar-refractivity contribution in [3.63, 3.8) is 0 Å². The number of nitrogens with zero attached hydrogens (tertiary/aromatic N) is 1. The zero-order chi connectivity index (χ0) is 15.5. The van der Waals surface area contributed by atoms with Crippen LogP contribution in [0.15, 0.2) is 48.5 Å². The molecule has 0 fully saturated rings. The third-order valence-electron chi connectivity index (χ3n) is 3.36. The standard InChI is InChI=1S/C16H15N3O3/c20-12-5-3-4-11(8-12)17-9-16(22)19-10-15(21)18-13-6-1-2-7-14(13)19/h1-8,17,20H,9-10H2,(H,18,21). The third-order valence-corrected chi connectivity index (χ3v) is 3.36. The minimum atomic E-state index is -0.218. The Kier molecular flexibility index (Phi) is 3.65. The predicted octanol–water partition coefficient (Wildman–Crippen LogP) is 1.79. The lowest BCUT2D eigenvalue weighted by molar-refractivity contribution is -0.120. The summed E-state index contributed by atoms with van der Waals surface area (Å²) in [7, 11) is 0. The smallest absolute Gasteiger partial charge is 0.246 e. The van der Waals surface area contributed by atoms with E-state index < -0.39 is 0 Å². The molecule has 1 heterocycles. The summed E-state index contributed by atoms with van der Waals surface area (Å²) in [4.78, 5) is 25.5. The maximum absolute atomic E-state index is 12.4. The molecule has 112 valence electrons. The second-order valence-corrected chi connectivity index (χ2v) is 4.95. The number of aromatic hydroxyl groups is 1. The quantitative estimate of drug-likeness (QED) is 0.806. The minimum absolute atomic E-state index is 0.00241. The van der Waals surface area contributed by atoms with Crippen molar-refractivity contribution in [2.75, 3.05) is 28.6 Å². The fraction of sp³-hybridized carbons (Fsp3) is 0.125. The number of hydrogen-bond acceptors (Lipinski definition) is 4. The normalized spacial score (nSPS) is 13.3. The summed E-state index contributed by atoms with van der Waals surface area (Å²) in [6.45, 7) is 0.0304. The predicted molar refractivity (Wildman–Crippen MR) is 84.0 cm³/mol. The number of carbonyl (C=O) groups excluding carboxylic acids is 2. The molecule has 2 aromatic carbocycles. The van der Waals surface area contributed by atoms with Crippen LogP contribution in [0.25, 0.3) is 0 Å². The Morgan fingerprint density at radius 1 is 1.23 bits per heavy atom. The number of phenolic OH excluding ortho intramolecular Hbond substituents is 1. The van der Waals surface area contributed by atoms with Crippen molar-refractivity contribution in [1.82, 2.24) is 0 Å². The highest BCUT2D eigenvalue weighted by molar-refractivity contribution is 6.10. The summed E-state index contributed by atoms with van der Waals surface area (Å²) in [5, 5.41) is 15.1. The topological polar surface area (TPSA) is 81.7 Å². The van der Waals surface area contributed by atoms with Crippen molar-refractivity contribution in [3.05, 3.63) is 48.5 Å². The summed E-state index contributed by atoms with van der Waals surface area (Å²) in [6.07, 6.45) is 0. The summed E-state index contributed by atoms with van der Waals surface area (Å²) < 4.78 is 0.